The Labute approximate surface area is 348 Å². The highest BCUT2D eigenvalue weighted by atomic mass is 16.4. The third-order valence-corrected chi connectivity index (χ3v) is 11.1. The van der Waals surface area contributed by atoms with Crippen LogP contribution in [0.15, 0.2) is 54.3 Å². The van der Waals surface area contributed by atoms with Crippen LogP contribution in [-0.2, 0) is 46.0 Å². The maximum atomic E-state index is 14.4. The van der Waals surface area contributed by atoms with E-state index in [1.54, 1.807) is 27.1 Å². The highest BCUT2D eigenvalue weighted by Gasteiger charge is 2.42. The summed E-state index contributed by atoms with van der Waals surface area (Å²) in [7, 11) is 5.34. The predicted octanol–water partition coefficient (Wildman–Crippen LogP) is 3.57. The summed E-state index contributed by atoms with van der Waals surface area (Å²) in [6, 6.07) is 4.66. The lowest BCUT2D eigenvalue weighted by Crippen LogP contribution is -2.61. The number of benzene rings is 1. The molecule has 1 aromatic carbocycles. The summed E-state index contributed by atoms with van der Waals surface area (Å²) in [4.78, 5) is 92.1. The van der Waals surface area contributed by atoms with Gasteiger partial charge in [-0.15, -0.1) is 0 Å². The molecule has 0 saturated carbocycles. The Morgan fingerprint density at radius 3 is 2.12 bits per heavy atom. The molecule has 1 aliphatic heterocycles. The average molecular weight is 820 g/mol. The molecule has 6 amide bonds. The lowest BCUT2D eigenvalue weighted by atomic mass is 9.76. The third-order valence-electron chi connectivity index (χ3n) is 11.1. The number of carboxylic acid groups (broad SMARTS) is 1. The first kappa shape index (κ1) is 48.1. The lowest BCUT2D eigenvalue weighted by molar-refractivity contribution is -0.141. The van der Waals surface area contributed by atoms with Crippen LogP contribution in [0.3, 0.4) is 0 Å². The molecule has 15 heteroatoms. The first-order valence-corrected chi connectivity index (χ1v) is 20.3. The molecule has 2 aromatic rings. The van der Waals surface area contributed by atoms with Gasteiger partial charge >= 0.3 is 5.97 Å². The predicted molar refractivity (Wildman–Crippen MR) is 227 cm³/mol. The Kier molecular flexibility index (Phi) is 16.8. The highest BCUT2D eigenvalue weighted by molar-refractivity contribution is 6.12. The zero-order valence-electron chi connectivity index (χ0n) is 36.6. The number of carbonyl (C=O) groups excluding carboxylic acids is 6. The summed E-state index contributed by atoms with van der Waals surface area (Å²) in [5.41, 5.74) is 0.914. The van der Waals surface area contributed by atoms with E-state index in [2.05, 4.69) is 21.3 Å². The molecular weight excluding hydrogens is 755 g/mol. The van der Waals surface area contributed by atoms with Crippen molar-refractivity contribution in [2.24, 2.45) is 18.4 Å². The van der Waals surface area contributed by atoms with Crippen LogP contribution < -0.4 is 21.3 Å². The number of aromatic nitrogens is 1. The van der Waals surface area contributed by atoms with Gasteiger partial charge in [-0.1, -0.05) is 72.7 Å². The van der Waals surface area contributed by atoms with Crippen molar-refractivity contribution in [3.05, 3.63) is 59.8 Å². The number of aryl methyl sites for hydroxylation is 1. The van der Waals surface area contributed by atoms with E-state index in [-0.39, 0.29) is 48.6 Å². The number of nitrogens with one attached hydrogen (secondary N) is 4. The van der Waals surface area contributed by atoms with Gasteiger partial charge in [0.15, 0.2) is 0 Å². The lowest BCUT2D eigenvalue weighted by Gasteiger charge is -2.39. The van der Waals surface area contributed by atoms with Crippen molar-refractivity contribution in [2.75, 3.05) is 27.2 Å². The van der Waals surface area contributed by atoms with E-state index in [1.165, 1.54) is 17.1 Å². The van der Waals surface area contributed by atoms with Crippen LogP contribution in [0.5, 0.6) is 0 Å². The van der Waals surface area contributed by atoms with Crippen LogP contribution in [0.4, 0.5) is 0 Å². The van der Waals surface area contributed by atoms with Gasteiger partial charge in [0.1, 0.15) is 12.1 Å². The Bertz CT molecular complexity index is 1920. The first-order valence-electron chi connectivity index (χ1n) is 20.3. The third kappa shape index (κ3) is 12.4. The maximum Gasteiger partial charge on any atom is 0.326 e. The van der Waals surface area contributed by atoms with E-state index in [1.807, 2.05) is 90.5 Å². The molecule has 0 radical (unpaired) electrons. The number of aliphatic carboxylic acids is 1. The molecule has 4 atom stereocenters. The number of para-hydroxylation sites is 1. The Balaban J connectivity index is 1.63. The van der Waals surface area contributed by atoms with E-state index in [9.17, 15) is 38.7 Å². The van der Waals surface area contributed by atoms with Crippen molar-refractivity contribution in [1.29, 1.82) is 0 Å². The van der Waals surface area contributed by atoms with E-state index in [0.717, 1.165) is 21.4 Å². The molecule has 0 saturated heterocycles. The number of hydrogen-bond acceptors (Lipinski definition) is 8. The quantitative estimate of drug-likeness (QED) is 0.0710. The molecular formula is C44H65N7O8. The van der Waals surface area contributed by atoms with Crippen LogP contribution in [0.25, 0.3) is 10.9 Å². The molecule has 0 spiro atoms. The molecule has 15 nitrogen and oxygen atoms in total. The van der Waals surface area contributed by atoms with Crippen LogP contribution in [0.2, 0.25) is 0 Å². The summed E-state index contributed by atoms with van der Waals surface area (Å²) in [5, 5.41) is 22.5. The van der Waals surface area contributed by atoms with Crippen LogP contribution >= 0.6 is 0 Å². The number of carbonyl (C=O) groups is 7. The second-order valence-corrected chi connectivity index (χ2v) is 17.4. The molecule has 0 bridgehead atoms. The van der Waals surface area contributed by atoms with Crippen molar-refractivity contribution >= 4 is 52.3 Å². The van der Waals surface area contributed by atoms with E-state index in [4.69, 9.17) is 0 Å². The summed E-state index contributed by atoms with van der Waals surface area (Å²) in [6.45, 7) is 15.5. The normalized spacial score (nSPS) is 15.6. The fourth-order valence-corrected chi connectivity index (χ4v) is 7.51. The molecule has 5 N–H and O–H groups in total. The van der Waals surface area contributed by atoms with Gasteiger partial charge in [-0.25, -0.2) is 4.79 Å². The second kappa shape index (κ2) is 20.6. The van der Waals surface area contributed by atoms with Crippen molar-refractivity contribution in [2.45, 2.75) is 117 Å². The van der Waals surface area contributed by atoms with Gasteiger partial charge in [-0.2, -0.15) is 0 Å². The summed E-state index contributed by atoms with van der Waals surface area (Å²) in [6.07, 6.45) is 7.53. The van der Waals surface area contributed by atoms with Gasteiger partial charge in [0.25, 0.3) is 11.8 Å². The monoisotopic (exact) mass is 819 g/mol. The SMILES string of the molecule is CN[C@H](C(=O)NC(C(=O)N(C)[C@H](/C=C(\C)C(=O)N[C@@H](CCCCNC(=O)CCCN1C(=O)C=CC1=O)C(=O)O)C(C)C)C(C)(C)C)C(C)(C)c1cn(C)c2ccccc12. The smallest absolute Gasteiger partial charge is 0.326 e. The van der Waals surface area contributed by atoms with Crippen LogP contribution in [-0.4, -0.2) is 112 Å². The summed E-state index contributed by atoms with van der Waals surface area (Å²) < 4.78 is 2.04. The van der Waals surface area contributed by atoms with Gasteiger partial charge < -0.3 is 35.8 Å². The second-order valence-electron chi connectivity index (χ2n) is 17.4. The zero-order valence-corrected chi connectivity index (χ0v) is 36.6. The number of unbranched alkanes of at least 4 members (excludes halogenated alkanes) is 1. The van der Waals surface area contributed by atoms with E-state index < -0.39 is 58.7 Å². The minimum absolute atomic E-state index is 0.125. The van der Waals surface area contributed by atoms with Crippen LogP contribution in [0.1, 0.15) is 93.1 Å². The summed E-state index contributed by atoms with van der Waals surface area (Å²) in [5.74, 6) is -3.64. The number of nitrogens with zero attached hydrogens (tertiary/aromatic N) is 3. The van der Waals surface area contributed by atoms with Crippen LogP contribution in [0, 0.1) is 11.3 Å². The molecule has 1 aromatic heterocycles. The standard InChI is InChI=1S/C44H65N7O8/c1-27(2)33(25-28(3)39(55)47-31(42(58)59)18-14-15-23-46-34(52)20-16-24-51-35(53)21-22-36(51)54)50(11)41(57)38(43(4,5)6)48-40(56)37(45-9)44(7,8)30-26-49(10)32-19-13-12-17-29(30)32/h12-13,17,19,21-22,25-27,31,33,37-38,45H,14-16,18,20,23-24H2,1-11H3,(H,46,52)(H,47,55)(H,48,56)(H,58,59)/b28-25+/t31-,33+,37+,38?/m0/s1. The first-order chi connectivity index (χ1) is 27.5. The minimum Gasteiger partial charge on any atom is -0.480 e. The molecule has 1 unspecified atom stereocenters. The minimum atomic E-state index is -1.20. The number of fused-ring (bicyclic) bond motifs is 1. The molecule has 324 valence electrons. The Morgan fingerprint density at radius 2 is 1.54 bits per heavy atom. The number of amides is 6. The van der Waals surface area contributed by atoms with Gasteiger partial charge in [-0.3, -0.25) is 33.7 Å². The van der Waals surface area contributed by atoms with Gasteiger partial charge in [0.2, 0.25) is 23.6 Å². The fourth-order valence-electron chi connectivity index (χ4n) is 7.51. The number of likely N-dealkylation sites (N-methyl/N-ethyl adjacent to an activating group) is 2. The van der Waals surface area contributed by atoms with E-state index >= 15 is 0 Å². The van der Waals surface area contributed by atoms with Crippen molar-refractivity contribution in [3.8, 4) is 0 Å². The van der Waals surface area contributed by atoms with Crippen molar-refractivity contribution < 1.29 is 38.7 Å². The average Bonchev–Trinajstić information content (AvgIpc) is 3.68. The zero-order chi connectivity index (χ0) is 44.4. The summed E-state index contributed by atoms with van der Waals surface area (Å²) >= 11 is 0. The topological polar surface area (TPSA) is 199 Å². The van der Waals surface area contributed by atoms with Crippen molar-refractivity contribution in [1.82, 2.24) is 35.6 Å². The molecule has 0 fully saturated rings. The van der Waals surface area contributed by atoms with Gasteiger partial charge in [0, 0.05) is 73.8 Å². The highest BCUT2D eigenvalue weighted by Crippen LogP contribution is 2.35. The number of rotatable bonds is 21. The Hall–Kier alpha value is -5.31. The fraction of sp³-hybridized carbons (Fsp3) is 0.568. The van der Waals surface area contributed by atoms with Crippen molar-refractivity contribution in [3.63, 3.8) is 0 Å². The van der Waals surface area contributed by atoms with Gasteiger partial charge in [0.05, 0.1) is 12.1 Å². The molecule has 2 heterocycles. The number of carboxylic acids is 1. The van der Waals surface area contributed by atoms with Gasteiger partial charge in [-0.05, 0) is 62.6 Å². The Morgan fingerprint density at radius 1 is 0.915 bits per heavy atom. The van der Waals surface area contributed by atoms with E-state index in [0.29, 0.717) is 25.8 Å². The largest absolute Gasteiger partial charge is 0.480 e. The molecule has 59 heavy (non-hydrogen) atoms. The molecule has 1 aliphatic rings. The number of hydrogen-bond donors (Lipinski definition) is 5. The number of imide groups is 1. The maximum absolute atomic E-state index is 14.4. The molecule has 0 aliphatic carbocycles. The molecule has 3 rings (SSSR count).